The summed E-state index contributed by atoms with van der Waals surface area (Å²) in [5, 5.41) is 26.0. The van der Waals surface area contributed by atoms with Crippen LogP contribution in [0.5, 0.6) is 0 Å². The van der Waals surface area contributed by atoms with E-state index in [1.165, 1.54) is 10.9 Å². The number of aromatic amines is 1. The van der Waals surface area contributed by atoms with Gasteiger partial charge < -0.3 is 4.74 Å². The molecule has 0 aliphatic carbocycles. The fourth-order valence-electron chi connectivity index (χ4n) is 4.22. The second-order valence-corrected chi connectivity index (χ2v) is 9.95. The topological polar surface area (TPSA) is 128 Å². The number of carbonyl (C=O) groups is 1. The lowest BCUT2D eigenvalue weighted by Gasteiger charge is -2.17. The van der Waals surface area contributed by atoms with Crippen molar-refractivity contribution in [3.63, 3.8) is 0 Å². The molecule has 4 heterocycles. The van der Waals surface area contributed by atoms with Crippen molar-refractivity contribution < 1.29 is 9.53 Å². The first kappa shape index (κ1) is 26.2. The first-order chi connectivity index (χ1) is 17.8. The molecule has 1 N–H and O–H groups in total. The lowest BCUT2D eigenvalue weighted by atomic mass is 9.91. The molecule has 11 heteroatoms. The second-order valence-electron chi connectivity index (χ2n) is 9.95. The van der Waals surface area contributed by atoms with E-state index < -0.39 is 5.97 Å². The average Bonchev–Trinajstić information content (AvgIpc) is 3.58. The van der Waals surface area contributed by atoms with E-state index in [0.717, 1.165) is 37.2 Å². The van der Waals surface area contributed by atoms with Crippen LogP contribution in [0.25, 0.3) is 11.5 Å². The van der Waals surface area contributed by atoms with Crippen molar-refractivity contribution in [1.29, 1.82) is 0 Å². The number of esters is 1. The molecule has 0 fully saturated rings. The molecular formula is C26H35N9O2. The molecule has 0 saturated heterocycles. The van der Waals surface area contributed by atoms with Crippen molar-refractivity contribution in [1.82, 2.24) is 34.6 Å². The quantitative estimate of drug-likeness (QED) is 0.201. The molecule has 1 atom stereocenters. The molecular weight excluding hydrogens is 470 g/mol. The third kappa shape index (κ3) is 5.30. The first-order valence-electron chi connectivity index (χ1n) is 12.9. The van der Waals surface area contributed by atoms with Gasteiger partial charge in [0.1, 0.15) is 5.56 Å². The number of unbranched alkanes of at least 4 members (excludes halogenated alkanes) is 1. The van der Waals surface area contributed by atoms with Gasteiger partial charge in [0.25, 0.3) is 0 Å². The van der Waals surface area contributed by atoms with Gasteiger partial charge in [-0.05, 0) is 31.9 Å². The van der Waals surface area contributed by atoms with E-state index in [4.69, 9.17) is 4.74 Å². The third-order valence-electron chi connectivity index (χ3n) is 6.22. The number of azo groups is 1. The summed E-state index contributed by atoms with van der Waals surface area (Å²) in [7, 11) is 0. The molecule has 0 spiro atoms. The number of H-pyrrole nitrogens is 1. The number of aromatic nitrogens is 7. The van der Waals surface area contributed by atoms with E-state index in [1.807, 2.05) is 10.6 Å². The summed E-state index contributed by atoms with van der Waals surface area (Å²) in [6.45, 7) is 12.6. The molecule has 0 aromatic carbocycles. The largest absolute Gasteiger partial charge is 0.462 e. The summed E-state index contributed by atoms with van der Waals surface area (Å²) in [6, 6.07) is 5.42. The summed E-state index contributed by atoms with van der Waals surface area (Å²) in [5.41, 5.74) is 1.96. The molecule has 0 aliphatic rings. The maximum atomic E-state index is 12.7. The number of hydrogen-bond donors (Lipinski definition) is 1. The van der Waals surface area contributed by atoms with Crippen molar-refractivity contribution in [2.45, 2.75) is 78.6 Å². The molecule has 4 rings (SSSR count). The zero-order valence-electron chi connectivity index (χ0n) is 22.4. The molecule has 0 radical (unpaired) electrons. The van der Waals surface area contributed by atoms with Gasteiger partial charge >= 0.3 is 5.97 Å². The summed E-state index contributed by atoms with van der Waals surface area (Å²) >= 11 is 0. The maximum absolute atomic E-state index is 12.7. The monoisotopic (exact) mass is 505 g/mol. The molecule has 1 unspecified atom stereocenters. The van der Waals surface area contributed by atoms with Crippen LogP contribution in [0.1, 0.15) is 95.0 Å². The standard InChI is InChI=1S/C26H35N9O2/c1-7-10-13-17(8-2)22-30-32-24-20(21(26(4,5)6)33-35(22)24)29-31-23-18(25(36)37-9-3)16-28-34(23)19-14-11-12-15-27-19/h11-12,14-17,33H,7-10,13H2,1-6H3. The number of pyridine rings is 1. The molecule has 0 amide bonds. The van der Waals surface area contributed by atoms with Gasteiger partial charge in [0, 0.05) is 17.5 Å². The molecule has 0 saturated carbocycles. The van der Waals surface area contributed by atoms with Crippen molar-refractivity contribution in [3.8, 4) is 5.82 Å². The van der Waals surface area contributed by atoms with E-state index in [0.29, 0.717) is 17.2 Å². The Hall–Kier alpha value is -3.89. The Balaban J connectivity index is 1.85. The van der Waals surface area contributed by atoms with Crippen molar-refractivity contribution in [2.24, 2.45) is 10.2 Å². The van der Waals surface area contributed by atoms with Crippen LogP contribution in [0.2, 0.25) is 0 Å². The van der Waals surface area contributed by atoms with Crippen LogP contribution in [-0.2, 0) is 10.2 Å². The predicted molar refractivity (Wildman–Crippen MR) is 140 cm³/mol. The van der Waals surface area contributed by atoms with E-state index in [1.54, 1.807) is 25.3 Å². The molecule has 4 aromatic heterocycles. The van der Waals surface area contributed by atoms with E-state index >= 15 is 0 Å². The van der Waals surface area contributed by atoms with Crippen LogP contribution in [0.4, 0.5) is 11.5 Å². The highest BCUT2D eigenvalue weighted by Crippen LogP contribution is 2.37. The molecule has 0 bridgehead atoms. The van der Waals surface area contributed by atoms with Crippen LogP contribution >= 0.6 is 0 Å². The number of ether oxygens (including phenoxy) is 1. The zero-order valence-corrected chi connectivity index (χ0v) is 22.4. The first-order valence-corrected chi connectivity index (χ1v) is 12.9. The second kappa shape index (κ2) is 11.0. The summed E-state index contributed by atoms with van der Waals surface area (Å²) in [6.07, 6.45) is 7.33. The van der Waals surface area contributed by atoms with Gasteiger partial charge in [-0.3, -0.25) is 5.10 Å². The summed E-state index contributed by atoms with van der Waals surface area (Å²) in [4.78, 5) is 17.0. The number of nitrogens with zero attached hydrogens (tertiary/aromatic N) is 8. The highest BCUT2D eigenvalue weighted by Gasteiger charge is 2.28. The number of carbonyl (C=O) groups excluding carboxylic acids is 1. The lowest BCUT2D eigenvalue weighted by Crippen LogP contribution is -2.13. The van der Waals surface area contributed by atoms with Gasteiger partial charge in [0.2, 0.25) is 5.65 Å². The number of fused-ring (bicyclic) bond motifs is 1. The van der Waals surface area contributed by atoms with E-state index in [2.05, 4.69) is 70.2 Å². The zero-order chi connectivity index (χ0) is 26.6. The number of hydrogen-bond acceptors (Lipinski definition) is 8. The number of nitrogens with one attached hydrogen (secondary N) is 1. The van der Waals surface area contributed by atoms with Gasteiger partial charge in [-0.25, -0.2) is 14.3 Å². The molecule has 11 nitrogen and oxygen atoms in total. The van der Waals surface area contributed by atoms with Crippen molar-refractivity contribution in [3.05, 3.63) is 47.7 Å². The highest BCUT2D eigenvalue weighted by atomic mass is 16.5. The smallest absolute Gasteiger partial charge is 0.343 e. The van der Waals surface area contributed by atoms with Gasteiger partial charge in [0.05, 0.1) is 18.5 Å². The Morgan fingerprint density at radius 2 is 1.97 bits per heavy atom. The van der Waals surface area contributed by atoms with Crippen LogP contribution in [0, 0.1) is 0 Å². The van der Waals surface area contributed by atoms with Crippen LogP contribution < -0.4 is 0 Å². The van der Waals surface area contributed by atoms with Gasteiger partial charge in [-0.1, -0.05) is 53.5 Å². The predicted octanol–water partition coefficient (Wildman–Crippen LogP) is 6.21. The fraction of sp³-hybridized carbons (Fsp3) is 0.500. The molecule has 4 aromatic rings. The molecule has 0 aliphatic heterocycles. The number of rotatable bonds is 10. The van der Waals surface area contributed by atoms with E-state index in [-0.39, 0.29) is 29.3 Å². The Labute approximate surface area is 216 Å². The Morgan fingerprint density at radius 3 is 2.62 bits per heavy atom. The normalized spacial score (nSPS) is 13.0. The van der Waals surface area contributed by atoms with Crippen molar-refractivity contribution >= 4 is 23.1 Å². The SMILES string of the molecule is CCCCC(CC)c1nnc2c(N=Nc3c(C(=O)OCC)cnn3-c3ccccn3)c(C(C)(C)C)[nH]n12. The maximum Gasteiger partial charge on any atom is 0.343 e. The average molecular weight is 506 g/mol. The lowest BCUT2D eigenvalue weighted by molar-refractivity contribution is 0.0527. The minimum Gasteiger partial charge on any atom is -0.462 e. The van der Waals surface area contributed by atoms with Gasteiger partial charge in [0.15, 0.2) is 23.1 Å². The summed E-state index contributed by atoms with van der Waals surface area (Å²) < 4.78 is 8.64. The fourth-order valence-corrected chi connectivity index (χ4v) is 4.22. The highest BCUT2D eigenvalue weighted by molar-refractivity contribution is 5.94. The summed E-state index contributed by atoms with van der Waals surface area (Å²) in [5.74, 6) is 1.38. The van der Waals surface area contributed by atoms with Crippen LogP contribution in [0.3, 0.4) is 0 Å². The van der Waals surface area contributed by atoms with Crippen LogP contribution in [-0.4, -0.2) is 47.2 Å². The van der Waals surface area contributed by atoms with Gasteiger partial charge in [-0.15, -0.1) is 20.4 Å². The molecule has 196 valence electrons. The molecule has 37 heavy (non-hydrogen) atoms. The Morgan fingerprint density at radius 1 is 1.16 bits per heavy atom. The Bertz CT molecular complexity index is 1380. The van der Waals surface area contributed by atoms with Gasteiger partial charge in [-0.2, -0.15) is 9.78 Å². The van der Waals surface area contributed by atoms with E-state index in [9.17, 15) is 4.79 Å². The Kier molecular flexibility index (Phi) is 7.80. The minimum atomic E-state index is -0.527. The third-order valence-corrected chi connectivity index (χ3v) is 6.22. The van der Waals surface area contributed by atoms with Crippen LogP contribution in [0.15, 0.2) is 40.8 Å². The van der Waals surface area contributed by atoms with Crippen molar-refractivity contribution in [2.75, 3.05) is 6.61 Å². The minimum absolute atomic E-state index is 0.202.